The zero-order valence-corrected chi connectivity index (χ0v) is 10.6. The minimum absolute atomic E-state index is 0.118. The van der Waals surface area contributed by atoms with Gasteiger partial charge in [0.05, 0.1) is 5.41 Å². The summed E-state index contributed by atoms with van der Waals surface area (Å²) in [5.41, 5.74) is -0.118. The molecule has 0 bridgehead atoms. The van der Waals surface area contributed by atoms with Gasteiger partial charge in [-0.15, -0.1) is 0 Å². The molecule has 2 N–H and O–H groups in total. The molecule has 1 aliphatic rings. The van der Waals surface area contributed by atoms with Crippen molar-refractivity contribution in [2.75, 3.05) is 31.6 Å². The van der Waals surface area contributed by atoms with Gasteiger partial charge in [-0.1, -0.05) is 13.3 Å². The van der Waals surface area contributed by atoms with Gasteiger partial charge in [-0.2, -0.15) is 11.8 Å². The highest BCUT2D eigenvalue weighted by Crippen LogP contribution is 2.31. The quantitative estimate of drug-likeness (QED) is 0.675. The van der Waals surface area contributed by atoms with Crippen molar-refractivity contribution in [2.45, 2.75) is 26.2 Å². The molecule has 1 aliphatic heterocycles. The van der Waals surface area contributed by atoms with Crippen molar-refractivity contribution in [3.05, 3.63) is 0 Å². The highest BCUT2D eigenvalue weighted by Gasteiger charge is 2.39. The van der Waals surface area contributed by atoms with E-state index in [1.165, 1.54) is 0 Å². The first-order valence-electron chi connectivity index (χ1n) is 5.73. The van der Waals surface area contributed by atoms with Crippen LogP contribution in [0.5, 0.6) is 0 Å². The molecular weight excluding hydrogens is 208 g/mol. The van der Waals surface area contributed by atoms with E-state index >= 15 is 0 Å². The molecule has 1 rings (SSSR count). The summed E-state index contributed by atoms with van der Waals surface area (Å²) in [6, 6.07) is 0. The number of carbonyl (C=O) groups excluding carboxylic acids is 1. The Morgan fingerprint density at radius 2 is 2.40 bits per heavy atom. The lowest BCUT2D eigenvalue weighted by Crippen LogP contribution is -2.43. The molecular formula is C11H22N2OS. The zero-order valence-electron chi connectivity index (χ0n) is 9.77. The Hall–Kier alpha value is -0.220. The lowest BCUT2D eigenvalue weighted by molar-refractivity contribution is -0.130. The van der Waals surface area contributed by atoms with E-state index < -0.39 is 0 Å². The molecule has 4 heteroatoms. The molecule has 1 atom stereocenters. The molecule has 0 aromatic heterocycles. The van der Waals surface area contributed by atoms with Crippen LogP contribution >= 0.6 is 11.8 Å². The minimum Gasteiger partial charge on any atom is -0.355 e. The van der Waals surface area contributed by atoms with Crippen molar-refractivity contribution in [2.24, 2.45) is 5.41 Å². The van der Waals surface area contributed by atoms with Crippen LogP contribution in [0.2, 0.25) is 0 Å². The van der Waals surface area contributed by atoms with E-state index in [-0.39, 0.29) is 11.3 Å². The van der Waals surface area contributed by atoms with Gasteiger partial charge in [-0.25, -0.2) is 0 Å². The fourth-order valence-electron chi connectivity index (χ4n) is 2.20. The van der Waals surface area contributed by atoms with Crippen molar-refractivity contribution in [1.29, 1.82) is 0 Å². The molecule has 0 aliphatic carbocycles. The van der Waals surface area contributed by atoms with Crippen molar-refractivity contribution >= 4 is 17.7 Å². The highest BCUT2D eigenvalue weighted by molar-refractivity contribution is 7.98. The Balaban J connectivity index is 2.44. The summed E-state index contributed by atoms with van der Waals surface area (Å²) in [4.78, 5) is 12.1. The standard InChI is InChI=1S/C11H22N2OS/c1-3-4-11(5-6-12-9-11)10(14)13-7-8-15-2/h12H,3-9H2,1-2H3,(H,13,14). The Morgan fingerprint density at radius 1 is 1.60 bits per heavy atom. The van der Waals surface area contributed by atoms with Crippen LogP contribution in [-0.4, -0.2) is 37.6 Å². The average molecular weight is 230 g/mol. The molecule has 0 spiro atoms. The van der Waals surface area contributed by atoms with Crippen molar-refractivity contribution in [3.63, 3.8) is 0 Å². The molecule has 1 fully saturated rings. The van der Waals surface area contributed by atoms with Gasteiger partial charge in [-0.05, 0) is 25.6 Å². The third-order valence-corrected chi connectivity index (χ3v) is 3.66. The highest BCUT2D eigenvalue weighted by atomic mass is 32.2. The van der Waals surface area contributed by atoms with Crippen LogP contribution in [0.1, 0.15) is 26.2 Å². The number of thioether (sulfide) groups is 1. The van der Waals surface area contributed by atoms with Gasteiger partial charge in [0.1, 0.15) is 0 Å². The molecule has 3 nitrogen and oxygen atoms in total. The first-order valence-corrected chi connectivity index (χ1v) is 7.12. The third-order valence-electron chi connectivity index (χ3n) is 3.05. The summed E-state index contributed by atoms with van der Waals surface area (Å²) < 4.78 is 0. The van der Waals surface area contributed by atoms with Gasteiger partial charge in [-0.3, -0.25) is 4.79 Å². The number of carbonyl (C=O) groups is 1. The molecule has 0 aromatic carbocycles. The third kappa shape index (κ3) is 3.38. The molecule has 1 saturated heterocycles. The maximum atomic E-state index is 12.1. The maximum Gasteiger partial charge on any atom is 0.227 e. The predicted molar refractivity (Wildman–Crippen MR) is 66.2 cm³/mol. The largest absolute Gasteiger partial charge is 0.355 e. The lowest BCUT2D eigenvalue weighted by atomic mass is 9.81. The van der Waals surface area contributed by atoms with Crippen LogP contribution in [0.15, 0.2) is 0 Å². The second-order valence-corrected chi connectivity index (χ2v) is 5.19. The number of hydrogen-bond acceptors (Lipinski definition) is 3. The van der Waals surface area contributed by atoms with Gasteiger partial charge in [0.2, 0.25) is 5.91 Å². The van der Waals surface area contributed by atoms with Crippen LogP contribution in [0.3, 0.4) is 0 Å². The zero-order chi connectivity index (χ0) is 11.1. The topological polar surface area (TPSA) is 41.1 Å². The second kappa shape index (κ2) is 6.38. The van der Waals surface area contributed by atoms with Crippen molar-refractivity contribution < 1.29 is 4.79 Å². The Bertz CT molecular complexity index is 203. The Morgan fingerprint density at radius 3 is 2.93 bits per heavy atom. The molecule has 1 unspecified atom stereocenters. The molecule has 0 radical (unpaired) electrons. The maximum absolute atomic E-state index is 12.1. The number of nitrogens with one attached hydrogen (secondary N) is 2. The van der Waals surface area contributed by atoms with E-state index in [1.54, 1.807) is 11.8 Å². The van der Waals surface area contributed by atoms with Crippen molar-refractivity contribution in [1.82, 2.24) is 10.6 Å². The normalized spacial score (nSPS) is 25.5. The number of amides is 1. The molecule has 0 saturated carbocycles. The number of rotatable bonds is 6. The molecule has 15 heavy (non-hydrogen) atoms. The summed E-state index contributed by atoms with van der Waals surface area (Å²) in [5.74, 6) is 1.25. The van der Waals surface area contributed by atoms with E-state index in [9.17, 15) is 4.79 Å². The number of hydrogen-bond donors (Lipinski definition) is 2. The second-order valence-electron chi connectivity index (χ2n) is 4.21. The summed E-state index contributed by atoms with van der Waals surface area (Å²) in [5, 5.41) is 6.35. The van der Waals surface area contributed by atoms with Crippen molar-refractivity contribution in [3.8, 4) is 0 Å². The van der Waals surface area contributed by atoms with Crippen LogP contribution in [0.25, 0.3) is 0 Å². The summed E-state index contributed by atoms with van der Waals surface area (Å²) in [6.45, 7) is 4.78. The SMILES string of the molecule is CCCC1(C(=O)NCCSC)CCNC1. The summed E-state index contributed by atoms with van der Waals surface area (Å²) in [7, 11) is 0. The molecule has 1 heterocycles. The van der Waals surface area contributed by atoms with Crippen LogP contribution in [0.4, 0.5) is 0 Å². The Labute approximate surface area is 96.8 Å². The van der Waals surface area contributed by atoms with Gasteiger partial charge in [0, 0.05) is 18.8 Å². The predicted octanol–water partition coefficient (Wildman–Crippen LogP) is 1.25. The van der Waals surface area contributed by atoms with Crippen LogP contribution in [-0.2, 0) is 4.79 Å². The van der Waals surface area contributed by atoms with E-state index in [4.69, 9.17) is 0 Å². The van der Waals surface area contributed by atoms with Crippen LogP contribution in [0, 0.1) is 5.41 Å². The first kappa shape index (κ1) is 12.8. The molecule has 1 amide bonds. The first-order chi connectivity index (χ1) is 7.25. The average Bonchev–Trinajstić information content (AvgIpc) is 2.68. The van der Waals surface area contributed by atoms with Gasteiger partial charge in [0.25, 0.3) is 0 Å². The summed E-state index contributed by atoms with van der Waals surface area (Å²) >= 11 is 1.77. The minimum atomic E-state index is -0.118. The Kier molecular flexibility index (Phi) is 5.47. The fourth-order valence-corrected chi connectivity index (χ4v) is 2.50. The van der Waals surface area contributed by atoms with E-state index in [0.717, 1.165) is 44.6 Å². The van der Waals surface area contributed by atoms with E-state index in [0.29, 0.717) is 0 Å². The molecule has 0 aromatic rings. The van der Waals surface area contributed by atoms with Gasteiger partial charge < -0.3 is 10.6 Å². The summed E-state index contributed by atoms with van der Waals surface area (Å²) in [6.07, 6.45) is 5.14. The monoisotopic (exact) mass is 230 g/mol. The van der Waals surface area contributed by atoms with Gasteiger partial charge >= 0.3 is 0 Å². The van der Waals surface area contributed by atoms with Gasteiger partial charge in [0.15, 0.2) is 0 Å². The van der Waals surface area contributed by atoms with Crippen LogP contribution < -0.4 is 10.6 Å². The van der Waals surface area contributed by atoms with E-state index in [2.05, 4.69) is 23.8 Å². The fraction of sp³-hybridized carbons (Fsp3) is 0.909. The molecule has 88 valence electrons. The smallest absolute Gasteiger partial charge is 0.227 e. The lowest BCUT2D eigenvalue weighted by Gasteiger charge is -2.26. The van der Waals surface area contributed by atoms with E-state index in [1.807, 2.05) is 0 Å².